The number of nitrogens with one attached hydrogen (secondary N) is 3. The van der Waals surface area contributed by atoms with Crippen molar-refractivity contribution in [2.24, 2.45) is 11.1 Å². The lowest BCUT2D eigenvalue weighted by Crippen LogP contribution is -2.46. The van der Waals surface area contributed by atoms with Crippen molar-refractivity contribution < 1.29 is 14.3 Å². The van der Waals surface area contributed by atoms with Crippen LogP contribution in [0.2, 0.25) is 0 Å². The number of nitrogens with two attached hydrogens (primary N) is 1. The average molecular weight is 369 g/mol. The molecule has 1 aliphatic carbocycles. The lowest BCUT2D eigenvalue weighted by atomic mass is 9.79. The number of hydrogen-bond acceptors (Lipinski definition) is 4. The summed E-state index contributed by atoms with van der Waals surface area (Å²) in [5, 5.41) is 8.56. The third kappa shape index (κ3) is 5.07. The van der Waals surface area contributed by atoms with E-state index >= 15 is 0 Å². The van der Waals surface area contributed by atoms with Crippen LogP contribution in [0.4, 0.5) is 16.2 Å². The van der Waals surface area contributed by atoms with Gasteiger partial charge in [-0.1, -0.05) is 0 Å². The number of anilines is 2. The molecule has 2 aliphatic rings. The number of urea groups is 1. The van der Waals surface area contributed by atoms with Gasteiger partial charge < -0.3 is 26.4 Å². The molecule has 0 bridgehead atoms. The predicted molar refractivity (Wildman–Crippen MR) is 99.0 cm³/mol. The molecular weight excluding hydrogens is 344 g/mol. The van der Waals surface area contributed by atoms with Crippen molar-refractivity contribution in [2.45, 2.75) is 31.7 Å². The SMILES string of the molecule is Cl.NCC1(C(=O)Nc2ccc(NC(=O)NC3CC3)cc2)CCOCC1. The van der Waals surface area contributed by atoms with Crippen LogP contribution in [0, 0.1) is 5.41 Å². The fourth-order valence-corrected chi connectivity index (χ4v) is 2.77. The first-order valence-electron chi connectivity index (χ1n) is 8.38. The number of hydrogen-bond donors (Lipinski definition) is 4. The maximum atomic E-state index is 12.6. The summed E-state index contributed by atoms with van der Waals surface area (Å²) in [6.45, 7) is 1.43. The van der Waals surface area contributed by atoms with Crippen molar-refractivity contribution in [3.63, 3.8) is 0 Å². The number of benzene rings is 1. The fraction of sp³-hybridized carbons (Fsp3) is 0.529. The summed E-state index contributed by atoms with van der Waals surface area (Å²) in [4.78, 5) is 24.3. The van der Waals surface area contributed by atoms with Crippen LogP contribution in [0.25, 0.3) is 0 Å². The highest BCUT2D eigenvalue weighted by Crippen LogP contribution is 2.31. The van der Waals surface area contributed by atoms with E-state index in [0.29, 0.717) is 50.0 Å². The molecule has 0 radical (unpaired) electrons. The zero-order valence-corrected chi connectivity index (χ0v) is 14.9. The van der Waals surface area contributed by atoms with Gasteiger partial charge in [-0.2, -0.15) is 0 Å². The number of amides is 3. The molecule has 3 amide bonds. The van der Waals surface area contributed by atoms with Crippen LogP contribution >= 0.6 is 12.4 Å². The Bertz CT molecular complexity index is 598. The third-order valence-corrected chi connectivity index (χ3v) is 4.64. The van der Waals surface area contributed by atoms with E-state index in [1.165, 1.54) is 0 Å². The summed E-state index contributed by atoms with van der Waals surface area (Å²) in [7, 11) is 0. The summed E-state index contributed by atoms with van der Waals surface area (Å²) in [6, 6.07) is 7.19. The van der Waals surface area contributed by atoms with E-state index in [4.69, 9.17) is 10.5 Å². The minimum atomic E-state index is -0.556. The molecule has 3 rings (SSSR count). The van der Waals surface area contributed by atoms with Crippen molar-refractivity contribution in [3.8, 4) is 0 Å². The smallest absolute Gasteiger partial charge is 0.319 e. The van der Waals surface area contributed by atoms with Crippen LogP contribution in [0.3, 0.4) is 0 Å². The Morgan fingerprint density at radius 2 is 1.64 bits per heavy atom. The maximum absolute atomic E-state index is 12.6. The first kappa shape index (κ1) is 19.5. The molecule has 0 spiro atoms. The van der Waals surface area contributed by atoms with Crippen LogP contribution in [-0.4, -0.2) is 37.7 Å². The Balaban J connectivity index is 0.00000225. The highest BCUT2D eigenvalue weighted by molar-refractivity contribution is 5.96. The van der Waals surface area contributed by atoms with Gasteiger partial charge in [-0.15, -0.1) is 12.4 Å². The molecule has 1 saturated heterocycles. The molecule has 7 nitrogen and oxygen atoms in total. The van der Waals surface area contributed by atoms with Crippen molar-refractivity contribution >= 4 is 35.7 Å². The molecule has 0 atom stereocenters. The van der Waals surface area contributed by atoms with Gasteiger partial charge in [0.15, 0.2) is 0 Å². The standard InChI is InChI=1S/C17H24N4O3.ClH/c18-11-17(7-9-24-10-8-17)15(22)19-12-1-3-13(4-2-12)20-16(23)21-14-5-6-14;/h1-4,14H,5-11,18H2,(H,19,22)(H2,20,21,23);1H. The van der Waals surface area contributed by atoms with Gasteiger partial charge in [0, 0.05) is 37.2 Å². The molecule has 1 heterocycles. The molecule has 5 N–H and O–H groups in total. The van der Waals surface area contributed by atoms with Crippen molar-refractivity contribution in [3.05, 3.63) is 24.3 Å². The monoisotopic (exact) mass is 368 g/mol. The number of halogens is 1. The summed E-state index contributed by atoms with van der Waals surface area (Å²) in [5.41, 5.74) is 6.66. The maximum Gasteiger partial charge on any atom is 0.319 e. The van der Waals surface area contributed by atoms with Gasteiger partial charge in [0.2, 0.25) is 5.91 Å². The van der Waals surface area contributed by atoms with E-state index in [2.05, 4.69) is 16.0 Å². The van der Waals surface area contributed by atoms with Gasteiger partial charge in [-0.05, 0) is 49.9 Å². The minimum absolute atomic E-state index is 0. The van der Waals surface area contributed by atoms with Gasteiger partial charge in [0.05, 0.1) is 5.41 Å². The van der Waals surface area contributed by atoms with Crippen LogP contribution < -0.4 is 21.7 Å². The Morgan fingerprint density at radius 3 is 2.16 bits per heavy atom. The molecule has 25 heavy (non-hydrogen) atoms. The van der Waals surface area contributed by atoms with Crippen molar-refractivity contribution in [2.75, 3.05) is 30.4 Å². The molecule has 138 valence electrons. The van der Waals surface area contributed by atoms with Crippen LogP contribution in [0.15, 0.2) is 24.3 Å². The molecule has 8 heteroatoms. The van der Waals surface area contributed by atoms with Crippen LogP contribution in [0.5, 0.6) is 0 Å². The van der Waals surface area contributed by atoms with Gasteiger partial charge in [0.25, 0.3) is 0 Å². The minimum Gasteiger partial charge on any atom is -0.381 e. The molecule has 2 fully saturated rings. The highest BCUT2D eigenvalue weighted by Gasteiger charge is 2.38. The second-order valence-corrected chi connectivity index (χ2v) is 6.50. The van der Waals surface area contributed by atoms with Gasteiger partial charge in [-0.25, -0.2) is 4.79 Å². The topological polar surface area (TPSA) is 105 Å². The normalized spacial score (nSPS) is 18.6. The summed E-state index contributed by atoms with van der Waals surface area (Å²) in [6.07, 6.45) is 3.37. The zero-order chi connectivity index (χ0) is 17.0. The molecule has 1 aromatic carbocycles. The van der Waals surface area contributed by atoms with Crippen molar-refractivity contribution in [1.82, 2.24) is 5.32 Å². The van der Waals surface area contributed by atoms with Crippen LogP contribution in [0.1, 0.15) is 25.7 Å². The largest absolute Gasteiger partial charge is 0.381 e. The van der Waals surface area contributed by atoms with Gasteiger partial charge in [-0.3, -0.25) is 4.79 Å². The molecule has 1 aromatic rings. The number of carbonyl (C=O) groups excluding carboxylic acids is 2. The molecule has 1 aliphatic heterocycles. The quantitative estimate of drug-likeness (QED) is 0.638. The number of ether oxygens (including phenoxy) is 1. The van der Waals surface area contributed by atoms with E-state index in [9.17, 15) is 9.59 Å². The lowest BCUT2D eigenvalue weighted by molar-refractivity contribution is -0.130. The van der Waals surface area contributed by atoms with Crippen LogP contribution in [-0.2, 0) is 9.53 Å². The molecule has 0 aromatic heterocycles. The van der Waals surface area contributed by atoms with E-state index in [0.717, 1.165) is 12.8 Å². The second-order valence-electron chi connectivity index (χ2n) is 6.50. The highest BCUT2D eigenvalue weighted by atomic mass is 35.5. The Morgan fingerprint density at radius 1 is 1.08 bits per heavy atom. The van der Waals surface area contributed by atoms with E-state index < -0.39 is 5.41 Å². The Kier molecular flexibility index (Phi) is 6.64. The Hall–Kier alpha value is -1.83. The fourth-order valence-electron chi connectivity index (χ4n) is 2.77. The van der Waals surface area contributed by atoms with Gasteiger partial charge >= 0.3 is 6.03 Å². The average Bonchev–Trinajstić information content (AvgIpc) is 3.41. The number of carbonyl (C=O) groups is 2. The molecule has 0 unspecified atom stereocenters. The first-order chi connectivity index (χ1) is 11.6. The summed E-state index contributed by atoms with van der Waals surface area (Å²) in [5.74, 6) is -0.0690. The van der Waals surface area contributed by atoms with E-state index in [-0.39, 0.29) is 24.3 Å². The summed E-state index contributed by atoms with van der Waals surface area (Å²) < 4.78 is 5.33. The zero-order valence-electron chi connectivity index (χ0n) is 14.0. The summed E-state index contributed by atoms with van der Waals surface area (Å²) >= 11 is 0. The first-order valence-corrected chi connectivity index (χ1v) is 8.38. The Labute approximate surface area is 153 Å². The predicted octanol–water partition coefficient (Wildman–Crippen LogP) is 2.09. The lowest BCUT2D eigenvalue weighted by Gasteiger charge is -2.34. The van der Waals surface area contributed by atoms with E-state index in [1.807, 2.05) is 0 Å². The molecule has 1 saturated carbocycles. The third-order valence-electron chi connectivity index (χ3n) is 4.64. The number of rotatable bonds is 5. The second kappa shape index (κ2) is 8.51. The van der Waals surface area contributed by atoms with Crippen molar-refractivity contribution in [1.29, 1.82) is 0 Å². The van der Waals surface area contributed by atoms with Gasteiger partial charge in [0.1, 0.15) is 0 Å². The van der Waals surface area contributed by atoms with E-state index in [1.54, 1.807) is 24.3 Å². The molecular formula is C17H25ClN4O3.